The van der Waals surface area contributed by atoms with Crippen LogP contribution in [0.4, 0.5) is 11.4 Å². The van der Waals surface area contributed by atoms with Gasteiger partial charge in [-0.3, -0.25) is 10.1 Å². The summed E-state index contributed by atoms with van der Waals surface area (Å²) in [5.41, 5.74) is 2.54. The average molecular weight is 317 g/mol. The lowest BCUT2D eigenvalue weighted by molar-refractivity contribution is -0.383. The fraction of sp³-hybridized carbons (Fsp3) is 0.167. The summed E-state index contributed by atoms with van der Waals surface area (Å²) in [6, 6.07) is 2.73. The van der Waals surface area contributed by atoms with Crippen molar-refractivity contribution in [3.05, 3.63) is 54.2 Å². The predicted octanol–water partition coefficient (Wildman–Crippen LogP) is 4.88. The molecule has 0 fully saturated rings. The molecule has 0 spiro atoms. The van der Waals surface area contributed by atoms with E-state index in [2.05, 4.69) is 5.32 Å². The smallest absolute Gasteiger partial charge is 0.293 e. The highest BCUT2D eigenvalue weighted by Gasteiger charge is 2.17. The Morgan fingerprint density at radius 2 is 2.00 bits per heavy atom. The van der Waals surface area contributed by atoms with Gasteiger partial charge in [-0.15, -0.1) is 0 Å². The fourth-order valence-electron chi connectivity index (χ4n) is 1.59. The number of thiophene rings is 1. The maximum Gasteiger partial charge on any atom is 0.293 e. The number of nitrogens with one attached hydrogen (secondary N) is 1. The third-order valence-electron chi connectivity index (χ3n) is 2.67. The van der Waals surface area contributed by atoms with Gasteiger partial charge in [-0.2, -0.15) is 11.3 Å². The summed E-state index contributed by atoms with van der Waals surface area (Å²) in [7, 11) is 0. The molecule has 0 unspecified atom stereocenters. The van der Waals surface area contributed by atoms with Gasteiger partial charge in [0.05, 0.1) is 15.0 Å². The van der Waals surface area contributed by atoms with Crippen LogP contribution in [0.2, 0.25) is 10.0 Å². The fourth-order valence-corrected chi connectivity index (χ4v) is 2.77. The summed E-state index contributed by atoms with van der Waals surface area (Å²) in [6.07, 6.45) is 0. The lowest BCUT2D eigenvalue weighted by Crippen LogP contribution is -2.03. The molecule has 0 saturated carbocycles. The lowest BCUT2D eigenvalue weighted by Gasteiger charge is -2.08. The highest BCUT2D eigenvalue weighted by atomic mass is 35.5. The number of benzene rings is 1. The number of aryl methyl sites for hydroxylation is 1. The van der Waals surface area contributed by atoms with Crippen molar-refractivity contribution >= 4 is 45.9 Å². The maximum absolute atomic E-state index is 11.0. The van der Waals surface area contributed by atoms with Crippen molar-refractivity contribution in [3.8, 4) is 0 Å². The Balaban J connectivity index is 2.26. The van der Waals surface area contributed by atoms with E-state index in [0.29, 0.717) is 12.2 Å². The highest BCUT2D eigenvalue weighted by molar-refractivity contribution is 7.08. The van der Waals surface area contributed by atoms with Gasteiger partial charge in [0, 0.05) is 12.6 Å². The topological polar surface area (TPSA) is 55.2 Å². The van der Waals surface area contributed by atoms with Gasteiger partial charge in [0.1, 0.15) is 5.69 Å². The molecule has 0 atom stereocenters. The van der Waals surface area contributed by atoms with Crippen LogP contribution in [0.25, 0.3) is 0 Å². The van der Waals surface area contributed by atoms with Crippen LogP contribution in [0.3, 0.4) is 0 Å². The Morgan fingerprint density at radius 1 is 1.32 bits per heavy atom. The molecule has 0 amide bonds. The van der Waals surface area contributed by atoms with E-state index in [1.165, 1.54) is 12.1 Å². The summed E-state index contributed by atoms with van der Waals surface area (Å²) < 4.78 is 0. The Kier molecular flexibility index (Phi) is 4.29. The Hall–Kier alpha value is -1.30. The number of hydrogen-bond donors (Lipinski definition) is 1. The number of halogens is 2. The number of hydrogen-bond acceptors (Lipinski definition) is 4. The second kappa shape index (κ2) is 5.77. The van der Waals surface area contributed by atoms with E-state index >= 15 is 0 Å². The third kappa shape index (κ3) is 3.18. The molecule has 19 heavy (non-hydrogen) atoms. The summed E-state index contributed by atoms with van der Waals surface area (Å²) in [5.74, 6) is 0. The second-order valence-electron chi connectivity index (χ2n) is 3.97. The van der Waals surface area contributed by atoms with Crippen molar-refractivity contribution in [3.63, 3.8) is 0 Å². The van der Waals surface area contributed by atoms with Crippen LogP contribution in [-0.4, -0.2) is 4.92 Å². The number of rotatable bonds is 4. The molecule has 0 aliphatic heterocycles. The Labute approximate surface area is 124 Å². The minimum atomic E-state index is -0.481. The summed E-state index contributed by atoms with van der Waals surface area (Å²) in [6.45, 7) is 2.50. The highest BCUT2D eigenvalue weighted by Crippen LogP contribution is 2.34. The zero-order valence-corrected chi connectivity index (χ0v) is 12.3. The van der Waals surface area contributed by atoms with Crippen LogP contribution in [0.5, 0.6) is 0 Å². The zero-order valence-electron chi connectivity index (χ0n) is 9.94. The molecule has 4 nitrogen and oxygen atoms in total. The van der Waals surface area contributed by atoms with Gasteiger partial charge < -0.3 is 5.32 Å². The first-order valence-corrected chi connectivity index (χ1v) is 7.08. The molecule has 2 rings (SSSR count). The monoisotopic (exact) mass is 316 g/mol. The van der Waals surface area contributed by atoms with Gasteiger partial charge in [-0.05, 0) is 34.9 Å². The predicted molar refractivity (Wildman–Crippen MR) is 79.5 cm³/mol. The molecule has 1 aromatic heterocycles. The molecule has 0 radical (unpaired) electrons. The van der Waals surface area contributed by atoms with Crippen molar-refractivity contribution < 1.29 is 4.92 Å². The van der Waals surface area contributed by atoms with E-state index < -0.39 is 4.92 Å². The molecule has 1 aromatic carbocycles. The second-order valence-corrected chi connectivity index (χ2v) is 5.53. The minimum absolute atomic E-state index is 0.0812. The van der Waals surface area contributed by atoms with Crippen molar-refractivity contribution in [2.45, 2.75) is 13.5 Å². The molecule has 2 aromatic rings. The van der Waals surface area contributed by atoms with Gasteiger partial charge in [-0.25, -0.2) is 0 Å². The number of nitro groups is 1. The summed E-state index contributed by atoms with van der Waals surface area (Å²) in [4.78, 5) is 10.5. The average Bonchev–Trinajstić information content (AvgIpc) is 2.75. The summed E-state index contributed by atoms with van der Waals surface area (Å²) >= 11 is 13.3. The van der Waals surface area contributed by atoms with Crippen molar-refractivity contribution in [2.24, 2.45) is 0 Å². The molecular formula is C12H10Cl2N2O2S. The molecule has 0 aliphatic carbocycles. The standard InChI is InChI=1S/C12H10Cl2N2O2S/c1-7-5-19-6-8(7)4-15-11-2-9(13)10(14)3-12(11)16(17)18/h2-3,5-6,15H,4H2,1H3. The lowest BCUT2D eigenvalue weighted by atomic mass is 10.2. The maximum atomic E-state index is 11.0. The molecule has 7 heteroatoms. The quantitative estimate of drug-likeness (QED) is 0.645. The van der Waals surface area contributed by atoms with E-state index in [1.54, 1.807) is 11.3 Å². The van der Waals surface area contributed by atoms with Crippen LogP contribution >= 0.6 is 34.5 Å². The van der Waals surface area contributed by atoms with E-state index in [1.807, 2.05) is 17.7 Å². The van der Waals surface area contributed by atoms with E-state index in [4.69, 9.17) is 23.2 Å². The summed E-state index contributed by atoms with van der Waals surface area (Å²) in [5, 5.41) is 18.5. The first-order valence-electron chi connectivity index (χ1n) is 5.38. The third-order valence-corrected chi connectivity index (χ3v) is 4.30. The van der Waals surface area contributed by atoms with Gasteiger partial charge >= 0.3 is 0 Å². The van der Waals surface area contributed by atoms with Crippen LogP contribution < -0.4 is 5.32 Å². The van der Waals surface area contributed by atoms with E-state index in [9.17, 15) is 10.1 Å². The van der Waals surface area contributed by atoms with E-state index in [-0.39, 0.29) is 15.7 Å². The molecular weight excluding hydrogens is 307 g/mol. The molecule has 0 aliphatic rings. The zero-order chi connectivity index (χ0) is 14.0. The SMILES string of the molecule is Cc1cscc1CNc1cc(Cl)c(Cl)cc1[N+](=O)[O-]. The molecule has 100 valence electrons. The van der Waals surface area contributed by atoms with Crippen LogP contribution in [0.1, 0.15) is 11.1 Å². The van der Waals surface area contributed by atoms with Gasteiger partial charge in [-0.1, -0.05) is 23.2 Å². The molecule has 0 bridgehead atoms. The Morgan fingerprint density at radius 3 is 2.58 bits per heavy atom. The van der Waals surface area contributed by atoms with E-state index in [0.717, 1.165) is 11.1 Å². The largest absolute Gasteiger partial charge is 0.375 e. The number of anilines is 1. The molecule has 1 heterocycles. The number of nitro benzene ring substituents is 1. The normalized spacial score (nSPS) is 10.5. The molecule has 0 saturated heterocycles. The van der Waals surface area contributed by atoms with Crippen LogP contribution in [0.15, 0.2) is 22.9 Å². The van der Waals surface area contributed by atoms with Gasteiger partial charge in [0.25, 0.3) is 5.69 Å². The van der Waals surface area contributed by atoms with Crippen molar-refractivity contribution in [1.29, 1.82) is 0 Å². The Bertz CT molecular complexity index is 628. The van der Waals surface area contributed by atoms with Gasteiger partial charge in [0.15, 0.2) is 0 Å². The van der Waals surface area contributed by atoms with Gasteiger partial charge in [0.2, 0.25) is 0 Å². The first kappa shape index (κ1) is 14.1. The van der Waals surface area contributed by atoms with Crippen LogP contribution in [-0.2, 0) is 6.54 Å². The number of nitrogens with zero attached hydrogens (tertiary/aromatic N) is 1. The molecule has 1 N–H and O–H groups in total. The van der Waals surface area contributed by atoms with Crippen LogP contribution in [0, 0.1) is 17.0 Å². The first-order chi connectivity index (χ1) is 8.99. The minimum Gasteiger partial charge on any atom is -0.375 e. The van der Waals surface area contributed by atoms with Crippen molar-refractivity contribution in [2.75, 3.05) is 5.32 Å². The van der Waals surface area contributed by atoms with Crippen molar-refractivity contribution in [1.82, 2.24) is 0 Å².